The molecule has 0 radical (unpaired) electrons. The van der Waals surface area contributed by atoms with Crippen molar-refractivity contribution in [3.05, 3.63) is 0 Å². The predicted octanol–water partition coefficient (Wildman–Crippen LogP) is 6.87. The first-order valence-corrected chi connectivity index (χ1v) is 7.54. The smallest absolute Gasteiger partial charge is 0.241 e. The van der Waals surface area contributed by atoms with Crippen molar-refractivity contribution in [1.29, 1.82) is 0 Å². The van der Waals surface area contributed by atoms with Crippen molar-refractivity contribution in [3.63, 3.8) is 0 Å². The van der Waals surface area contributed by atoms with E-state index in [4.69, 9.17) is 0 Å². The van der Waals surface area contributed by atoms with Crippen LogP contribution in [-0.4, -0.2) is 35.2 Å². The van der Waals surface area contributed by atoms with Crippen LogP contribution in [0.15, 0.2) is 0 Å². The molecular weight excluding hydrogens is 441 g/mol. The second-order valence-electron chi connectivity index (χ2n) is 4.77. The molecule has 0 aromatic carbocycles. The molecule has 26 heavy (non-hydrogen) atoms. The lowest BCUT2D eigenvalue weighted by Gasteiger charge is -2.35. The Kier molecular flexibility index (Phi) is 6.71. The number of alkyl halides is 10. The van der Waals surface area contributed by atoms with Crippen LogP contribution < -0.4 is 0 Å². The third-order valence-corrected chi connectivity index (χ3v) is 3.61. The van der Waals surface area contributed by atoms with Crippen LogP contribution in [0.25, 0.3) is 0 Å². The van der Waals surface area contributed by atoms with Crippen molar-refractivity contribution in [3.8, 4) is 0 Å². The first-order chi connectivity index (χ1) is 11.1. The minimum Gasteiger partial charge on any atom is -0.241 e. The van der Waals surface area contributed by atoms with Crippen LogP contribution in [0.5, 0.6) is 0 Å². The summed E-state index contributed by atoms with van der Waals surface area (Å²) >= 11 is 0. The molecule has 0 fully saturated rings. The Morgan fingerprint density at radius 1 is 0.846 bits per heavy atom. The van der Waals surface area contributed by atoms with E-state index in [1.807, 2.05) is 0 Å². The summed E-state index contributed by atoms with van der Waals surface area (Å²) in [4.78, 5) is 1.30. The van der Waals surface area contributed by atoms with Gasteiger partial charge in [-0.2, -0.15) is 39.5 Å². The lowest BCUT2D eigenvalue weighted by molar-refractivity contribution is -0.310. The molecule has 0 saturated heterocycles. The van der Waals surface area contributed by atoms with E-state index in [2.05, 4.69) is 0 Å². The largest absolute Gasteiger partial charge is 0.389 e. The van der Waals surface area contributed by atoms with E-state index in [1.54, 1.807) is 0 Å². The molecule has 0 aromatic heterocycles. The van der Waals surface area contributed by atoms with Gasteiger partial charge in [0.2, 0.25) is 0 Å². The molecule has 0 saturated carbocycles. The van der Waals surface area contributed by atoms with E-state index in [0.717, 1.165) is 0 Å². The van der Waals surface area contributed by atoms with Gasteiger partial charge in [0.15, 0.2) is 6.17 Å². The van der Waals surface area contributed by atoms with E-state index < -0.39 is 64.7 Å². The number of rotatable bonds is 7. The fourth-order valence-electron chi connectivity index (χ4n) is 1.49. The van der Waals surface area contributed by atoms with Crippen LogP contribution >= 0.6 is 10.3 Å². The maximum Gasteiger partial charge on any atom is 0.389 e. The molecule has 0 aromatic rings. The molecule has 0 rings (SSSR count). The van der Waals surface area contributed by atoms with Gasteiger partial charge >= 0.3 is 34.2 Å². The molecule has 0 aliphatic rings. The fraction of sp³-hybridized carbons (Fsp3) is 0.889. The Morgan fingerprint density at radius 2 is 1.27 bits per heavy atom. The zero-order valence-corrected chi connectivity index (χ0v) is 12.5. The molecule has 160 valence electrons. The molecule has 0 amide bonds. The molecule has 1 atom stereocenters. The Hall–Kier alpha value is -0.870. The van der Waals surface area contributed by atoms with Crippen LogP contribution in [0.2, 0.25) is 0 Å². The molecule has 0 spiro atoms. The molecule has 0 aliphatic carbocycles. The normalized spacial score (nSPS) is 17.6. The topological polar surface area (TPSA) is 9.23 Å². The Morgan fingerprint density at radius 3 is 1.58 bits per heavy atom. The van der Waals surface area contributed by atoms with Crippen molar-refractivity contribution in [2.45, 2.75) is 49.4 Å². The van der Waals surface area contributed by atoms with Crippen LogP contribution in [0.4, 0.5) is 64.0 Å². The summed E-state index contributed by atoms with van der Waals surface area (Å²) in [6.07, 6.45) is -15.3. The third kappa shape index (κ3) is 5.32. The summed E-state index contributed by atoms with van der Waals surface area (Å²) < 4.78 is 187. The second kappa shape index (κ2) is 6.94. The molecule has 0 bridgehead atoms. The minimum absolute atomic E-state index is 1.30. The van der Waals surface area contributed by atoms with Gasteiger partial charge < -0.3 is 0 Å². The highest BCUT2D eigenvalue weighted by atomic mass is 32.4. The SMILES string of the molecule is FOC(C(F)(F)C(F)(F)C(F)(F)C(F)CCCC(F)(F)F)=S(F)(F)(F)F. The van der Waals surface area contributed by atoms with Crippen molar-refractivity contribution in [2.75, 3.05) is 0 Å². The van der Waals surface area contributed by atoms with E-state index in [9.17, 15) is 64.0 Å². The minimum atomic E-state index is -9.92. The Balaban J connectivity index is 5.86. The predicted molar refractivity (Wildman–Crippen MR) is 58.9 cm³/mol. The molecule has 1 unspecified atom stereocenters. The molecule has 0 heterocycles. The van der Waals surface area contributed by atoms with Crippen molar-refractivity contribution < 1.29 is 68.9 Å². The van der Waals surface area contributed by atoms with Crippen molar-refractivity contribution in [2.24, 2.45) is 0 Å². The summed E-state index contributed by atoms with van der Waals surface area (Å²) in [5.74, 6) is -21.6. The standard InChI is InChI=1S/C9H7F15OS/c10-4(2-1-3-6(11,12)13)7(14,15)9(18,19)8(16,17)5(25-20)26(21,22,23)24/h4H,1-3H2. The average Bonchev–Trinajstić information content (AvgIpc) is 2.33. The van der Waals surface area contributed by atoms with Gasteiger partial charge in [0.25, 0.3) is 5.05 Å². The Labute approximate surface area is 135 Å². The van der Waals surface area contributed by atoms with E-state index >= 15 is 0 Å². The zero-order chi connectivity index (χ0) is 21.4. The summed E-state index contributed by atoms with van der Waals surface area (Å²) in [6.45, 7) is 0. The van der Waals surface area contributed by atoms with Gasteiger partial charge in [0.05, 0.1) is 0 Å². The van der Waals surface area contributed by atoms with Crippen molar-refractivity contribution in [1.82, 2.24) is 0 Å². The summed E-state index contributed by atoms with van der Waals surface area (Å²) in [7, 11) is -9.92. The quantitative estimate of drug-likeness (QED) is 0.305. The van der Waals surface area contributed by atoms with Crippen LogP contribution in [0.1, 0.15) is 19.3 Å². The maximum atomic E-state index is 13.2. The van der Waals surface area contributed by atoms with Gasteiger partial charge in [-0.25, -0.2) is 4.39 Å². The second-order valence-corrected chi connectivity index (χ2v) is 6.46. The molecule has 17 heteroatoms. The monoisotopic (exact) mass is 448 g/mol. The van der Waals surface area contributed by atoms with Gasteiger partial charge in [0.1, 0.15) is 0 Å². The maximum absolute atomic E-state index is 13.2. The number of hydrogen-bond acceptors (Lipinski definition) is 1. The zero-order valence-electron chi connectivity index (χ0n) is 11.7. The Bertz CT molecular complexity index is 549. The highest BCUT2D eigenvalue weighted by molar-refractivity contribution is 8.32. The molecular formula is C9H7F15OS. The number of hydrogen-bond donors (Lipinski definition) is 0. The number of halogens is 15. The lowest BCUT2D eigenvalue weighted by atomic mass is 9.97. The average molecular weight is 448 g/mol. The molecule has 0 aliphatic heterocycles. The summed E-state index contributed by atoms with van der Waals surface area (Å²) in [5, 5.41) is -4.94. The highest BCUT2D eigenvalue weighted by Crippen LogP contribution is 2.70. The van der Waals surface area contributed by atoms with Gasteiger partial charge in [-0.05, 0) is 17.4 Å². The van der Waals surface area contributed by atoms with E-state index in [1.165, 1.54) is 4.94 Å². The van der Waals surface area contributed by atoms with Crippen LogP contribution in [0.3, 0.4) is 0 Å². The van der Waals surface area contributed by atoms with E-state index in [0.29, 0.717) is 0 Å². The van der Waals surface area contributed by atoms with Crippen LogP contribution in [-0.2, 0) is 4.94 Å². The van der Waals surface area contributed by atoms with Gasteiger partial charge in [-0.1, -0.05) is 0 Å². The first-order valence-electron chi connectivity index (χ1n) is 5.90. The van der Waals surface area contributed by atoms with Gasteiger partial charge in [0, 0.05) is 6.42 Å². The van der Waals surface area contributed by atoms with E-state index in [-0.39, 0.29) is 0 Å². The third-order valence-electron chi connectivity index (χ3n) is 2.73. The molecule has 0 N–H and O–H groups in total. The van der Waals surface area contributed by atoms with Crippen molar-refractivity contribution >= 4 is 15.3 Å². The summed E-state index contributed by atoms with van der Waals surface area (Å²) in [5.41, 5.74) is 0. The van der Waals surface area contributed by atoms with Gasteiger partial charge in [-0.3, -0.25) is 0 Å². The molecule has 1 nitrogen and oxygen atoms in total. The lowest BCUT2D eigenvalue weighted by Crippen LogP contribution is -2.61. The highest BCUT2D eigenvalue weighted by Gasteiger charge is 2.79. The summed E-state index contributed by atoms with van der Waals surface area (Å²) in [6, 6.07) is 0. The van der Waals surface area contributed by atoms with Crippen LogP contribution in [0, 0.1) is 0 Å². The van der Waals surface area contributed by atoms with Gasteiger partial charge in [-0.15, -0.1) is 20.5 Å². The first kappa shape index (κ1) is 25.1. The fourth-order valence-corrected chi connectivity index (χ4v) is 2.10.